The summed E-state index contributed by atoms with van der Waals surface area (Å²) in [6, 6.07) is 0. The van der Waals surface area contributed by atoms with Crippen LogP contribution >= 0.6 is 0 Å². The fourth-order valence-corrected chi connectivity index (χ4v) is 1.13. The van der Waals surface area contributed by atoms with Crippen LogP contribution < -0.4 is 0 Å². The van der Waals surface area contributed by atoms with Crippen molar-refractivity contribution < 1.29 is 14.1 Å². The Hall–Kier alpha value is -1.32. The average molecular weight is 197 g/mol. The summed E-state index contributed by atoms with van der Waals surface area (Å²) in [6.07, 6.45) is 1.33. The molecule has 0 fully saturated rings. The van der Waals surface area contributed by atoms with Crippen LogP contribution in [0.2, 0.25) is 0 Å². The van der Waals surface area contributed by atoms with Crippen LogP contribution in [0.25, 0.3) is 0 Å². The van der Waals surface area contributed by atoms with Gasteiger partial charge in [0, 0.05) is 5.41 Å². The number of hydrogen-bond donors (Lipinski definition) is 0. The van der Waals surface area contributed by atoms with Crippen LogP contribution in [0.1, 0.15) is 43.7 Å². The molecule has 14 heavy (non-hydrogen) atoms. The van der Waals surface area contributed by atoms with E-state index < -0.39 is 0 Å². The van der Waals surface area contributed by atoms with Crippen molar-refractivity contribution in [2.24, 2.45) is 0 Å². The molecule has 0 N–H and O–H groups in total. The van der Waals surface area contributed by atoms with E-state index in [1.54, 1.807) is 6.92 Å². The number of carbonyl (C=O) groups excluding carboxylic acids is 1. The van der Waals surface area contributed by atoms with Gasteiger partial charge in [-0.3, -0.25) is 0 Å². The minimum Gasteiger partial charge on any atom is -0.462 e. The lowest BCUT2D eigenvalue weighted by molar-refractivity contribution is 0.0523. The molecule has 0 aliphatic carbocycles. The summed E-state index contributed by atoms with van der Waals surface area (Å²) in [7, 11) is 0. The van der Waals surface area contributed by atoms with Gasteiger partial charge in [0.05, 0.1) is 6.61 Å². The summed E-state index contributed by atoms with van der Waals surface area (Å²) in [5.74, 6) is -0.376. The SMILES string of the molecule is CCOC(=O)c1conc1C(C)(C)C. The fourth-order valence-electron chi connectivity index (χ4n) is 1.13. The third-order valence-electron chi connectivity index (χ3n) is 1.78. The Labute approximate surface area is 83.2 Å². The zero-order valence-electron chi connectivity index (χ0n) is 8.96. The summed E-state index contributed by atoms with van der Waals surface area (Å²) in [6.45, 7) is 8.02. The van der Waals surface area contributed by atoms with Crippen LogP contribution in [0.5, 0.6) is 0 Å². The van der Waals surface area contributed by atoms with Crippen LogP contribution in [0.3, 0.4) is 0 Å². The van der Waals surface area contributed by atoms with E-state index in [1.165, 1.54) is 6.26 Å². The van der Waals surface area contributed by atoms with Gasteiger partial charge in [0.2, 0.25) is 0 Å². The van der Waals surface area contributed by atoms with Gasteiger partial charge in [0.25, 0.3) is 0 Å². The molecule has 0 aliphatic heterocycles. The Morgan fingerprint density at radius 2 is 2.21 bits per heavy atom. The summed E-state index contributed by atoms with van der Waals surface area (Å²) in [5.41, 5.74) is 0.838. The molecule has 0 saturated carbocycles. The van der Waals surface area contributed by atoms with Gasteiger partial charge in [-0.15, -0.1) is 0 Å². The molecule has 0 bridgehead atoms. The lowest BCUT2D eigenvalue weighted by Gasteiger charge is -2.15. The highest BCUT2D eigenvalue weighted by atomic mass is 16.5. The quantitative estimate of drug-likeness (QED) is 0.681. The topological polar surface area (TPSA) is 52.3 Å². The van der Waals surface area contributed by atoms with Crippen LogP contribution in [-0.2, 0) is 10.2 Å². The minimum atomic E-state index is -0.376. The van der Waals surface area contributed by atoms with E-state index in [2.05, 4.69) is 5.16 Å². The highest BCUT2D eigenvalue weighted by Crippen LogP contribution is 2.24. The largest absolute Gasteiger partial charge is 0.462 e. The Kier molecular flexibility index (Phi) is 2.93. The van der Waals surface area contributed by atoms with Gasteiger partial charge >= 0.3 is 5.97 Å². The number of rotatable bonds is 2. The van der Waals surface area contributed by atoms with Crippen LogP contribution in [-0.4, -0.2) is 17.7 Å². The summed E-state index contributed by atoms with van der Waals surface area (Å²) in [5, 5.41) is 3.81. The van der Waals surface area contributed by atoms with Gasteiger partial charge < -0.3 is 9.26 Å². The molecular weight excluding hydrogens is 182 g/mol. The first-order valence-electron chi connectivity index (χ1n) is 4.58. The Morgan fingerprint density at radius 3 is 2.71 bits per heavy atom. The summed E-state index contributed by atoms with van der Waals surface area (Å²) < 4.78 is 9.67. The first kappa shape index (κ1) is 10.8. The van der Waals surface area contributed by atoms with Crippen molar-refractivity contribution in [3.63, 3.8) is 0 Å². The van der Waals surface area contributed by atoms with Gasteiger partial charge in [-0.1, -0.05) is 25.9 Å². The normalized spacial score (nSPS) is 11.4. The highest BCUT2D eigenvalue weighted by Gasteiger charge is 2.26. The first-order valence-corrected chi connectivity index (χ1v) is 4.58. The Bertz CT molecular complexity index is 322. The standard InChI is InChI=1S/C10H15NO3/c1-5-13-9(12)7-6-14-11-8(7)10(2,3)4/h6H,5H2,1-4H3. The third-order valence-corrected chi connectivity index (χ3v) is 1.78. The van der Waals surface area contributed by atoms with Crippen molar-refractivity contribution in [2.75, 3.05) is 6.61 Å². The van der Waals surface area contributed by atoms with Crippen molar-refractivity contribution in [1.29, 1.82) is 0 Å². The predicted molar refractivity (Wildman–Crippen MR) is 51.2 cm³/mol. The molecule has 4 heteroatoms. The molecule has 0 unspecified atom stereocenters. The van der Waals surface area contributed by atoms with Crippen molar-refractivity contribution in [1.82, 2.24) is 5.16 Å². The van der Waals surface area contributed by atoms with Gasteiger partial charge in [-0.25, -0.2) is 4.79 Å². The van der Waals surface area contributed by atoms with Gasteiger partial charge in [0.1, 0.15) is 17.5 Å². The average Bonchev–Trinajstić information content (AvgIpc) is 2.50. The minimum absolute atomic E-state index is 0.213. The van der Waals surface area contributed by atoms with Crippen LogP contribution in [0, 0.1) is 0 Å². The van der Waals surface area contributed by atoms with E-state index in [0.29, 0.717) is 17.9 Å². The molecule has 0 aromatic carbocycles. The lowest BCUT2D eigenvalue weighted by atomic mass is 9.90. The maximum Gasteiger partial charge on any atom is 0.343 e. The fraction of sp³-hybridized carbons (Fsp3) is 0.600. The molecule has 0 amide bonds. The second-order valence-electron chi connectivity index (χ2n) is 4.05. The number of aromatic nitrogens is 1. The van der Waals surface area contributed by atoms with Crippen molar-refractivity contribution in [3.8, 4) is 0 Å². The van der Waals surface area contributed by atoms with Crippen molar-refractivity contribution in [2.45, 2.75) is 33.1 Å². The number of esters is 1. The van der Waals surface area contributed by atoms with Gasteiger partial charge in [-0.2, -0.15) is 0 Å². The molecule has 0 saturated heterocycles. The Morgan fingerprint density at radius 1 is 1.57 bits per heavy atom. The monoisotopic (exact) mass is 197 g/mol. The molecule has 0 radical (unpaired) electrons. The van der Waals surface area contributed by atoms with Crippen molar-refractivity contribution >= 4 is 5.97 Å². The first-order chi connectivity index (χ1) is 6.46. The maximum absolute atomic E-state index is 11.5. The second-order valence-corrected chi connectivity index (χ2v) is 4.05. The second kappa shape index (κ2) is 3.82. The molecule has 0 atom stereocenters. The van der Waals surface area contributed by atoms with E-state index in [0.717, 1.165) is 0 Å². The van der Waals surface area contributed by atoms with Gasteiger partial charge in [-0.05, 0) is 6.92 Å². The van der Waals surface area contributed by atoms with Crippen LogP contribution in [0.15, 0.2) is 10.8 Å². The molecule has 78 valence electrons. The zero-order chi connectivity index (χ0) is 10.8. The summed E-state index contributed by atoms with van der Waals surface area (Å²) >= 11 is 0. The van der Waals surface area contributed by atoms with E-state index in [9.17, 15) is 4.79 Å². The number of hydrogen-bond acceptors (Lipinski definition) is 4. The molecule has 0 spiro atoms. The highest BCUT2D eigenvalue weighted by molar-refractivity contribution is 5.90. The number of ether oxygens (including phenoxy) is 1. The molecule has 0 aliphatic rings. The molecular formula is C10H15NO3. The molecule has 1 aromatic rings. The maximum atomic E-state index is 11.5. The van der Waals surface area contributed by atoms with Crippen LogP contribution in [0.4, 0.5) is 0 Å². The lowest BCUT2D eigenvalue weighted by Crippen LogP contribution is -2.17. The predicted octanol–water partition coefficient (Wildman–Crippen LogP) is 2.15. The third kappa shape index (κ3) is 2.13. The van der Waals surface area contributed by atoms with E-state index in [1.807, 2.05) is 20.8 Å². The van der Waals surface area contributed by atoms with E-state index in [-0.39, 0.29) is 11.4 Å². The van der Waals surface area contributed by atoms with Crippen molar-refractivity contribution in [3.05, 3.63) is 17.5 Å². The molecule has 1 aromatic heterocycles. The number of carbonyl (C=O) groups is 1. The van der Waals surface area contributed by atoms with Gasteiger partial charge in [0.15, 0.2) is 0 Å². The number of nitrogens with zero attached hydrogens (tertiary/aromatic N) is 1. The molecule has 4 nitrogen and oxygen atoms in total. The van der Waals surface area contributed by atoms with E-state index in [4.69, 9.17) is 9.26 Å². The molecule has 1 heterocycles. The molecule has 1 rings (SSSR count). The zero-order valence-corrected chi connectivity index (χ0v) is 8.96. The summed E-state index contributed by atoms with van der Waals surface area (Å²) in [4.78, 5) is 11.5. The van der Waals surface area contributed by atoms with E-state index >= 15 is 0 Å². The Balaban J connectivity index is 2.99. The smallest absolute Gasteiger partial charge is 0.343 e.